The van der Waals surface area contributed by atoms with Crippen molar-refractivity contribution in [3.05, 3.63) is 35.2 Å². The fourth-order valence-electron chi connectivity index (χ4n) is 2.74. The molecule has 0 fully saturated rings. The number of ether oxygens (including phenoxy) is 2. The van der Waals surface area contributed by atoms with Gasteiger partial charge in [-0.15, -0.1) is 11.3 Å². The molecule has 0 spiro atoms. The van der Waals surface area contributed by atoms with E-state index in [1.807, 2.05) is 36.6 Å². The van der Waals surface area contributed by atoms with Crippen molar-refractivity contribution in [2.45, 2.75) is 92.8 Å². The van der Waals surface area contributed by atoms with Gasteiger partial charge in [0.1, 0.15) is 12.1 Å². The van der Waals surface area contributed by atoms with E-state index in [9.17, 15) is 9.59 Å². The molecule has 1 unspecified atom stereocenters. The highest BCUT2D eigenvalue weighted by Crippen LogP contribution is 2.25. The molecule has 0 bridgehead atoms. The molecule has 0 saturated carbocycles. The molecule has 1 aromatic heterocycles. The first-order chi connectivity index (χ1) is 16.7. The predicted octanol–water partition coefficient (Wildman–Crippen LogP) is 7.21. The van der Waals surface area contributed by atoms with Crippen LogP contribution in [-0.2, 0) is 14.3 Å². The number of thiazole rings is 1. The highest BCUT2D eigenvalue weighted by atomic mass is 32.1. The van der Waals surface area contributed by atoms with Gasteiger partial charge >= 0.3 is 6.09 Å². The summed E-state index contributed by atoms with van der Waals surface area (Å²) in [5.74, 6) is 0.448. The minimum atomic E-state index is -0.628. The van der Waals surface area contributed by atoms with Crippen molar-refractivity contribution in [3.63, 3.8) is 0 Å². The Bertz CT molecular complexity index is 950. The molecule has 202 valence electrons. The normalized spacial score (nSPS) is 12.2. The van der Waals surface area contributed by atoms with Crippen molar-refractivity contribution in [2.75, 3.05) is 18.5 Å². The summed E-state index contributed by atoms with van der Waals surface area (Å²) in [5.41, 5.74) is 2.43. The average Bonchev–Trinajstić information content (AvgIpc) is 3.25. The van der Waals surface area contributed by atoms with Crippen LogP contribution in [-0.4, -0.2) is 41.3 Å². The fourth-order valence-corrected chi connectivity index (χ4v) is 3.48. The first-order valence-corrected chi connectivity index (χ1v) is 13.6. The summed E-state index contributed by atoms with van der Waals surface area (Å²) < 4.78 is 10.8. The number of carbonyl (C=O) groups excluding carboxylic acids is 2. The van der Waals surface area contributed by atoms with Crippen molar-refractivity contribution >= 4 is 28.5 Å². The van der Waals surface area contributed by atoms with Gasteiger partial charge in [-0.2, -0.15) is 0 Å². The third-order valence-corrected chi connectivity index (χ3v) is 6.27. The largest absolute Gasteiger partial charge is 0.444 e. The molecular weight excluding hydrogens is 474 g/mol. The molecule has 2 rings (SSSR count). The zero-order chi connectivity index (χ0) is 27.4. The molecule has 36 heavy (non-hydrogen) atoms. The molecular formula is C28H45N3O4S. The first-order valence-electron chi connectivity index (χ1n) is 12.7. The van der Waals surface area contributed by atoms with Crippen molar-refractivity contribution in [1.82, 2.24) is 10.3 Å². The second-order valence-electron chi connectivity index (χ2n) is 10.6. The number of nitrogens with one attached hydrogen (secondary N) is 2. The van der Waals surface area contributed by atoms with Gasteiger partial charge in [0.15, 0.2) is 5.13 Å². The number of aryl methyl sites for hydroxylation is 1. The van der Waals surface area contributed by atoms with Crippen LogP contribution in [0.2, 0.25) is 0 Å². The zero-order valence-electron chi connectivity index (χ0n) is 23.5. The van der Waals surface area contributed by atoms with Crippen LogP contribution in [0.1, 0.15) is 80.2 Å². The number of benzene rings is 1. The van der Waals surface area contributed by atoms with Crippen LogP contribution >= 0.6 is 11.3 Å². The number of hydrogen-bond donors (Lipinski definition) is 2. The molecule has 0 aliphatic carbocycles. The number of hydrogen-bond acceptors (Lipinski definition) is 6. The van der Waals surface area contributed by atoms with Crippen molar-refractivity contribution in [3.8, 4) is 11.3 Å². The molecule has 2 amide bonds. The molecule has 8 heteroatoms. The van der Waals surface area contributed by atoms with E-state index in [0.717, 1.165) is 35.8 Å². The number of carbonyl (C=O) groups is 2. The Morgan fingerprint density at radius 2 is 1.83 bits per heavy atom. The lowest BCUT2D eigenvalue weighted by Crippen LogP contribution is -2.37. The van der Waals surface area contributed by atoms with Gasteiger partial charge in [0, 0.05) is 17.6 Å². The van der Waals surface area contributed by atoms with Gasteiger partial charge in [0.25, 0.3) is 0 Å². The Morgan fingerprint density at radius 3 is 2.42 bits per heavy atom. The lowest BCUT2D eigenvalue weighted by Gasteiger charge is -2.24. The van der Waals surface area contributed by atoms with Gasteiger partial charge in [-0.05, 0) is 66.4 Å². The molecule has 0 saturated heterocycles. The number of alkyl carbamates (subject to hydrolysis) is 1. The van der Waals surface area contributed by atoms with Crippen LogP contribution < -0.4 is 10.6 Å². The van der Waals surface area contributed by atoms with E-state index in [4.69, 9.17) is 9.47 Å². The molecule has 7 nitrogen and oxygen atoms in total. The topological polar surface area (TPSA) is 89.6 Å². The number of anilines is 1. The Morgan fingerprint density at radius 1 is 1.14 bits per heavy atom. The molecule has 0 aliphatic heterocycles. The SMILES string of the molecule is CCC(C)CCOC(C)(C)CC.Cc1cccc(-c2csc(NC(=O)CNC(=O)OC(C)(C)C)n2)c1. The Balaban J connectivity index is 0.000000457. The molecule has 1 atom stereocenters. The van der Waals surface area contributed by atoms with Crippen molar-refractivity contribution in [1.29, 1.82) is 0 Å². The van der Waals surface area contributed by atoms with Gasteiger partial charge in [0.2, 0.25) is 5.91 Å². The van der Waals surface area contributed by atoms with Crippen LogP contribution in [0.5, 0.6) is 0 Å². The maximum Gasteiger partial charge on any atom is 0.408 e. The van der Waals surface area contributed by atoms with Crippen molar-refractivity contribution < 1.29 is 19.1 Å². The minimum absolute atomic E-state index is 0.0768. The monoisotopic (exact) mass is 519 g/mol. The maximum atomic E-state index is 11.9. The zero-order valence-corrected chi connectivity index (χ0v) is 24.3. The van der Waals surface area contributed by atoms with E-state index >= 15 is 0 Å². The van der Waals surface area contributed by atoms with Gasteiger partial charge in [-0.3, -0.25) is 4.79 Å². The summed E-state index contributed by atoms with van der Waals surface area (Å²) in [6, 6.07) is 7.98. The third kappa shape index (κ3) is 13.6. The second kappa shape index (κ2) is 15.0. The van der Waals surface area contributed by atoms with Crippen LogP contribution in [0.4, 0.5) is 9.93 Å². The van der Waals surface area contributed by atoms with Gasteiger partial charge in [-0.1, -0.05) is 51.0 Å². The maximum absolute atomic E-state index is 11.9. The Hall–Kier alpha value is -2.45. The first kappa shape index (κ1) is 31.6. The quantitative estimate of drug-likeness (QED) is 0.346. The van der Waals surface area contributed by atoms with E-state index in [1.54, 1.807) is 20.8 Å². The van der Waals surface area contributed by atoms with Crippen LogP contribution in [0.15, 0.2) is 29.6 Å². The Kier molecular flexibility index (Phi) is 13.1. The summed E-state index contributed by atoms with van der Waals surface area (Å²) in [7, 11) is 0. The second-order valence-corrected chi connectivity index (χ2v) is 11.4. The summed E-state index contributed by atoms with van der Waals surface area (Å²) in [4.78, 5) is 27.8. The molecule has 2 N–H and O–H groups in total. The number of nitrogens with zero attached hydrogens (tertiary/aromatic N) is 1. The van der Waals surface area contributed by atoms with Crippen LogP contribution in [0.25, 0.3) is 11.3 Å². The van der Waals surface area contributed by atoms with Gasteiger partial charge in [0.05, 0.1) is 11.3 Å². The summed E-state index contributed by atoms with van der Waals surface area (Å²) in [5, 5.41) is 7.44. The molecule has 1 heterocycles. The Labute approximate surface area is 221 Å². The van der Waals surface area contributed by atoms with E-state index in [1.165, 1.54) is 24.2 Å². The molecule has 2 aromatic rings. The molecule has 1 aromatic carbocycles. The highest BCUT2D eigenvalue weighted by Gasteiger charge is 2.17. The average molecular weight is 520 g/mol. The predicted molar refractivity (Wildman–Crippen MR) is 150 cm³/mol. The number of rotatable bonds is 10. The highest BCUT2D eigenvalue weighted by molar-refractivity contribution is 7.14. The lowest BCUT2D eigenvalue weighted by molar-refractivity contribution is -0.115. The van der Waals surface area contributed by atoms with Crippen LogP contribution in [0, 0.1) is 12.8 Å². The van der Waals surface area contributed by atoms with Crippen LogP contribution in [0.3, 0.4) is 0 Å². The molecule has 0 radical (unpaired) electrons. The summed E-state index contributed by atoms with van der Waals surface area (Å²) >= 11 is 1.34. The smallest absolute Gasteiger partial charge is 0.408 e. The number of amides is 2. The van der Waals surface area contributed by atoms with E-state index in [-0.39, 0.29) is 18.1 Å². The van der Waals surface area contributed by atoms with Crippen molar-refractivity contribution in [2.24, 2.45) is 5.92 Å². The number of aromatic nitrogens is 1. The third-order valence-electron chi connectivity index (χ3n) is 5.51. The van der Waals surface area contributed by atoms with Gasteiger partial charge < -0.3 is 20.1 Å². The minimum Gasteiger partial charge on any atom is -0.444 e. The summed E-state index contributed by atoms with van der Waals surface area (Å²) in [6.45, 7) is 19.0. The van der Waals surface area contributed by atoms with E-state index < -0.39 is 11.7 Å². The fraction of sp³-hybridized carbons (Fsp3) is 0.607. The van der Waals surface area contributed by atoms with E-state index in [2.05, 4.69) is 50.2 Å². The lowest BCUT2D eigenvalue weighted by atomic mass is 10.0. The van der Waals surface area contributed by atoms with Gasteiger partial charge in [-0.25, -0.2) is 9.78 Å². The summed E-state index contributed by atoms with van der Waals surface area (Å²) in [6.07, 6.45) is 2.92. The van der Waals surface area contributed by atoms with E-state index in [0.29, 0.717) is 5.13 Å². The standard InChI is InChI=1S/C17H21N3O3S.C11H24O/c1-11-6-5-7-12(8-11)13-10-24-15(19-13)20-14(21)9-18-16(22)23-17(2,3)4;1-6-10(3)8-9-12-11(4,5)7-2/h5-8,10H,9H2,1-4H3,(H,18,22)(H,19,20,21);10H,6-9H2,1-5H3. The molecule has 0 aliphatic rings.